The van der Waals surface area contributed by atoms with Crippen LogP contribution in [0.4, 0.5) is 0 Å². The van der Waals surface area contributed by atoms with Crippen LogP contribution in [-0.2, 0) is 9.59 Å². The number of nitrogens with one attached hydrogen (secondary N) is 1. The lowest BCUT2D eigenvalue weighted by atomic mass is 9.70. The molecule has 94 valence electrons. The van der Waals surface area contributed by atoms with Crippen molar-refractivity contribution >= 4 is 11.9 Å². The van der Waals surface area contributed by atoms with Crippen molar-refractivity contribution in [3.63, 3.8) is 0 Å². The van der Waals surface area contributed by atoms with Crippen molar-refractivity contribution in [2.45, 2.75) is 41.0 Å². The lowest BCUT2D eigenvalue weighted by Gasteiger charge is -2.33. The highest BCUT2D eigenvalue weighted by Crippen LogP contribution is 2.36. The highest BCUT2D eigenvalue weighted by molar-refractivity contribution is 5.84. The molecule has 16 heavy (non-hydrogen) atoms. The Bertz CT molecular complexity index is 261. The van der Waals surface area contributed by atoms with E-state index in [0.717, 1.165) is 6.42 Å². The number of carboxylic acid groups (broad SMARTS) is 1. The summed E-state index contributed by atoms with van der Waals surface area (Å²) in [5, 5.41) is 11.9. The molecule has 0 rings (SSSR count). The number of rotatable bonds is 6. The van der Waals surface area contributed by atoms with Gasteiger partial charge in [0.05, 0.1) is 5.92 Å². The van der Waals surface area contributed by atoms with Crippen LogP contribution in [0.25, 0.3) is 0 Å². The highest BCUT2D eigenvalue weighted by atomic mass is 16.4. The van der Waals surface area contributed by atoms with Gasteiger partial charge >= 0.3 is 5.97 Å². The number of carbonyl (C=O) groups is 2. The lowest BCUT2D eigenvalue weighted by Crippen LogP contribution is -2.43. The Hall–Kier alpha value is -1.06. The van der Waals surface area contributed by atoms with Gasteiger partial charge < -0.3 is 10.4 Å². The van der Waals surface area contributed by atoms with Gasteiger partial charge in [-0.2, -0.15) is 0 Å². The number of carbonyl (C=O) groups excluding carboxylic acids is 1. The van der Waals surface area contributed by atoms with Crippen molar-refractivity contribution in [3.8, 4) is 0 Å². The first kappa shape index (κ1) is 14.9. The van der Waals surface area contributed by atoms with Crippen molar-refractivity contribution in [1.29, 1.82) is 0 Å². The van der Waals surface area contributed by atoms with E-state index in [1.165, 1.54) is 0 Å². The predicted octanol–water partition coefficient (Wildman–Crippen LogP) is 1.90. The highest BCUT2D eigenvalue weighted by Gasteiger charge is 2.40. The van der Waals surface area contributed by atoms with Gasteiger partial charge in [0.2, 0.25) is 5.91 Å². The first-order valence-corrected chi connectivity index (χ1v) is 5.78. The maximum atomic E-state index is 11.7. The molecule has 2 unspecified atom stereocenters. The normalized spacial score (nSPS) is 15.3. The molecule has 0 aliphatic heterocycles. The van der Waals surface area contributed by atoms with Crippen molar-refractivity contribution < 1.29 is 14.7 Å². The fraction of sp³-hybridized carbons (Fsp3) is 0.833. The minimum Gasteiger partial charge on any atom is -0.481 e. The molecule has 2 N–H and O–H groups in total. The van der Waals surface area contributed by atoms with E-state index in [-0.39, 0.29) is 11.3 Å². The van der Waals surface area contributed by atoms with Gasteiger partial charge in [0.25, 0.3) is 0 Å². The molecule has 0 heterocycles. The monoisotopic (exact) mass is 229 g/mol. The summed E-state index contributed by atoms with van der Waals surface area (Å²) >= 11 is 0. The summed E-state index contributed by atoms with van der Waals surface area (Å²) in [6.45, 7) is 9.76. The van der Waals surface area contributed by atoms with Crippen LogP contribution in [0, 0.1) is 17.3 Å². The fourth-order valence-electron chi connectivity index (χ4n) is 1.93. The van der Waals surface area contributed by atoms with Gasteiger partial charge in [-0.15, -0.1) is 0 Å². The third-order valence-corrected chi connectivity index (χ3v) is 3.28. The average Bonchev–Trinajstić information content (AvgIpc) is 2.17. The molecule has 4 nitrogen and oxygen atoms in total. The molecule has 0 spiro atoms. The number of carboxylic acids is 1. The molecule has 0 aromatic carbocycles. The molecule has 0 saturated heterocycles. The standard InChI is InChI=1S/C12H23NO3/c1-6-12(4,5)9(11(15)16)8(3)10(14)13-7-2/h8-9H,6-7H2,1-5H3,(H,13,14)(H,15,16). The molecule has 2 atom stereocenters. The zero-order valence-corrected chi connectivity index (χ0v) is 10.8. The van der Waals surface area contributed by atoms with Crippen LogP contribution in [0.1, 0.15) is 41.0 Å². The molecule has 0 radical (unpaired) electrons. The van der Waals surface area contributed by atoms with Gasteiger partial charge in [-0.05, 0) is 12.3 Å². The first-order valence-electron chi connectivity index (χ1n) is 5.78. The van der Waals surface area contributed by atoms with E-state index in [1.807, 2.05) is 27.7 Å². The van der Waals surface area contributed by atoms with Crippen molar-refractivity contribution in [1.82, 2.24) is 5.32 Å². The van der Waals surface area contributed by atoms with Gasteiger partial charge in [0.15, 0.2) is 0 Å². The summed E-state index contributed by atoms with van der Waals surface area (Å²) in [7, 11) is 0. The van der Waals surface area contributed by atoms with E-state index in [0.29, 0.717) is 6.54 Å². The summed E-state index contributed by atoms with van der Waals surface area (Å²) in [4.78, 5) is 23.0. The summed E-state index contributed by atoms with van der Waals surface area (Å²) in [6.07, 6.45) is 0.730. The zero-order chi connectivity index (χ0) is 12.9. The molecule has 0 aliphatic rings. The second-order valence-electron chi connectivity index (χ2n) is 4.84. The lowest BCUT2D eigenvalue weighted by molar-refractivity contribution is -0.152. The van der Waals surface area contributed by atoms with Crippen LogP contribution < -0.4 is 5.32 Å². The van der Waals surface area contributed by atoms with Crippen molar-refractivity contribution in [2.24, 2.45) is 17.3 Å². The summed E-state index contributed by atoms with van der Waals surface area (Å²) in [5.74, 6) is -2.24. The van der Waals surface area contributed by atoms with Crippen molar-refractivity contribution in [3.05, 3.63) is 0 Å². The third kappa shape index (κ3) is 3.51. The van der Waals surface area contributed by atoms with Crippen LogP contribution in [0.5, 0.6) is 0 Å². The Labute approximate surface area is 97.4 Å². The summed E-state index contributed by atoms with van der Waals surface area (Å²) in [6, 6.07) is 0. The van der Waals surface area contributed by atoms with E-state index < -0.39 is 17.8 Å². The molecule has 0 aliphatic carbocycles. The Morgan fingerprint density at radius 1 is 1.31 bits per heavy atom. The molecule has 0 aromatic heterocycles. The van der Waals surface area contributed by atoms with Gasteiger partial charge in [-0.1, -0.05) is 34.1 Å². The van der Waals surface area contributed by atoms with E-state index >= 15 is 0 Å². The maximum Gasteiger partial charge on any atom is 0.307 e. The quantitative estimate of drug-likeness (QED) is 0.731. The number of hydrogen-bond donors (Lipinski definition) is 2. The average molecular weight is 229 g/mol. The molecular weight excluding hydrogens is 206 g/mol. The van der Waals surface area contributed by atoms with Crippen LogP contribution in [0.2, 0.25) is 0 Å². The van der Waals surface area contributed by atoms with E-state index in [1.54, 1.807) is 6.92 Å². The van der Waals surface area contributed by atoms with Crippen LogP contribution in [0.3, 0.4) is 0 Å². The van der Waals surface area contributed by atoms with Gasteiger partial charge in [-0.25, -0.2) is 0 Å². The van der Waals surface area contributed by atoms with E-state index in [4.69, 9.17) is 0 Å². The largest absolute Gasteiger partial charge is 0.481 e. The minimum absolute atomic E-state index is 0.184. The summed E-state index contributed by atoms with van der Waals surface area (Å²) in [5.41, 5.74) is -0.379. The maximum absolute atomic E-state index is 11.7. The number of amides is 1. The van der Waals surface area contributed by atoms with Crippen LogP contribution in [0.15, 0.2) is 0 Å². The zero-order valence-electron chi connectivity index (χ0n) is 10.8. The van der Waals surface area contributed by atoms with Crippen LogP contribution in [-0.4, -0.2) is 23.5 Å². The van der Waals surface area contributed by atoms with Gasteiger partial charge in [0.1, 0.15) is 0 Å². The Morgan fingerprint density at radius 3 is 2.12 bits per heavy atom. The second-order valence-corrected chi connectivity index (χ2v) is 4.84. The number of hydrogen-bond acceptors (Lipinski definition) is 2. The minimum atomic E-state index is -0.898. The molecule has 0 aromatic rings. The van der Waals surface area contributed by atoms with Crippen molar-refractivity contribution in [2.75, 3.05) is 6.54 Å². The molecular formula is C12H23NO3. The SMILES string of the molecule is CCNC(=O)C(C)C(C(=O)O)C(C)(C)CC. The third-order valence-electron chi connectivity index (χ3n) is 3.28. The molecule has 0 fully saturated rings. The fourth-order valence-corrected chi connectivity index (χ4v) is 1.93. The number of aliphatic carboxylic acids is 1. The van der Waals surface area contributed by atoms with Crippen LogP contribution >= 0.6 is 0 Å². The summed E-state index contributed by atoms with van der Waals surface area (Å²) < 4.78 is 0. The van der Waals surface area contributed by atoms with E-state index in [2.05, 4.69) is 5.32 Å². The van der Waals surface area contributed by atoms with Gasteiger partial charge in [0, 0.05) is 12.5 Å². The molecule has 1 amide bonds. The topological polar surface area (TPSA) is 66.4 Å². The Morgan fingerprint density at radius 2 is 1.81 bits per heavy atom. The predicted molar refractivity (Wildman–Crippen MR) is 63.0 cm³/mol. The first-order chi connectivity index (χ1) is 7.27. The van der Waals surface area contributed by atoms with E-state index in [9.17, 15) is 14.7 Å². The Balaban J connectivity index is 4.93. The van der Waals surface area contributed by atoms with Gasteiger partial charge in [-0.3, -0.25) is 9.59 Å². The Kier molecular flexibility index (Phi) is 5.48. The molecule has 0 saturated carbocycles. The smallest absolute Gasteiger partial charge is 0.307 e. The molecule has 0 bridgehead atoms. The second kappa shape index (κ2) is 5.87. The molecule has 4 heteroatoms.